The van der Waals surface area contributed by atoms with Gasteiger partial charge in [0.2, 0.25) is 0 Å². The molecule has 1 unspecified atom stereocenters. The van der Waals surface area contributed by atoms with Crippen LogP contribution < -0.4 is 5.32 Å². The molecule has 3 rings (SSSR count). The molecule has 0 amide bonds. The van der Waals surface area contributed by atoms with Gasteiger partial charge in [-0.1, -0.05) is 6.92 Å². The number of thiazole rings is 1. The highest BCUT2D eigenvalue weighted by atomic mass is 127. The number of piperidine rings is 1. The highest BCUT2D eigenvalue weighted by Crippen LogP contribution is 2.18. The Hall–Kier alpha value is -0.450. The zero-order valence-electron chi connectivity index (χ0n) is 17.2. The molecule has 3 heterocycles. The first-order chi connectivity index (χ1) is 13.3. The van der Waals surface area contributed by atoms with E-state index in [1.165, 1.54) is 16.3 Å². The van der Waals surface area contributed by atoms with Crippen molar-refractivity contribution in [1.82, 2.24) is 15.2 Å². The van der Waals surface area contributed by atoms with E-state index in [0.29, 0.717) is 12.2 Å². The number of rotatable bonds is 8. The number of hydrogen-bond donors (Lipinski definition) is 1. The number of ether oxygens (including phenoxy) is 2. The minimum absolute atomic E-state index is 0. The number of likely N-dealkylation sites (tertiary alicyclic amines) is 1. The quantitative estimate of drug-likeness (QED) is 0.322. The van der Waals surface area contributed by atoms with Gasteiger partial charge in [-0.3, -0.25) is 4.99 Å². The second kappa shape index (κ2) is 13.0. The summed E-state index contributed by atoms with van der Waals surface area (Å²) in [5.74, 6) is 1.03. The van der Waals surface area contributed by atoms with Crippen LogP contribution in [0.5, 0.6) is 0 Å². The molecule has 0 bridgehead atoms. The van der Waals surface area contributed by atoms with E-state index in [9.17, 15) is 0 Å². The van der Waals surface area contributed by atoms with E-state index in [4.69, 9.17) is 14.5 Å². The smallest absolute Gasteiger partial charge is 0.193 e. The highest BCUT2D eigenvalue weighted by molar-refractivity contribution is 14.0. The number of guanidine groups is 1. The third-order valence-corrected chi connectivity index (χ3v) is 6.36. The van der Waals surface area contributed by atoms with Gasteiger partial charge >= 0.3 is 0 Å². The molecule has 0 saturated carbocycles. The van der Waals surface area contributed by atoms with Gasteiger partial charge in [0.05, 0.1) is 23.8 Å². The first-order valence-corrected chi connectivity index (χ1v) is 11.3. The van der Waals surface area contributed by atoms with Crippen molar-refractivity contribution in [3.8, 4) is 0 Å². The fourth-order valence-corrected chi connectivity index (χ4v) is 4.41. The third-order valence-electron chi connectivity index (χ3n) is 5.16. The molecule has 8 heteroatoms. The number of nitrogens with zero attached hydrogens (tertiary/aromatic N) is 3. The van der Waals surface area contributed by atoms with E-state index in [1.807, 2.05) is 17.5 Å². The summed E-state index contributed by atoms with van der Waals surface area (Å²) in [5, 5.41) is 4.63. The van der Waals surface area contributed by atoms with Crippen LogP contribution in [-0.4, -0.2) is 67.4 Å². The average molecular weight is 522 g/mol. The Balaban J connectivity index is 0.00000280. The fourth-order valence-electron chi connectivity index (χ4n) is 3.56. The second-order valence-electron chi connectivity index (χ2n) is 7.21. The molecular formula is C20H35IN4O2S. The van der Waals surface area contributed by atoms with Crippen LogP contribution in [0.1, 0.15) is 49.4 Å². The lowest BCUT2D eigenvalue weighted by Gasteiger charge is -2.34. The molecule has 2 saturated heterocycles. The standard InChI is InChI=1S/C20H34N4O2S.HI/c1-3-18-14-23-19(27-18)7-10-22-20(21-4-2)24-11-8-16(9-12-24)26-15-17-6-5-13-25-17;/h14,16-17H,3-13,15H2,1-2H3,(H,21,22);1H. The van der Waals surface area contributed by atoms with Crippen LogP contribution in [-0.2, 0) is 22.3 Å². The van der Waals surface area contributed by atoms with Crippen molar-refractivity contribution >= 4 is 41.3 Å². The van der Waals surface area contributed by atoms with Crippen LogP contribution in [0, 0.1) is 0 Å². The molecule has 2 aliphatic heterocycles. The molecule has 0 spiro atoms. The predicted molar refractivity (Wildman–Crippen MR) is 126 cm³/mol. The van der Waals surface area contributed by atoms with Gasteiger partial charge in [-0.25, -0.2) is 4.98 Å². The molecule has 0 aromatic carbocycles. The van der Waals surface area contributed by atoms with E-state index in [0.717, 1.165) is 77.5 Å². The van der Waals surface area contributed by atoms with Crippen LogP contribution in [0.3, 0.4) is 0 Å². The van der Waals surface area contributed by atoms with Crippen LogP contribution in [0.15, 0.2) is 11.2 Å². The van der Waals surface area contributed by atoms with Gasteiger partial charge in [-0.2, -0.15) is 0 Å². The Morgan fingerprint density at radius 1 is 1.36 bits per heavy atom. The zero-order chi connectivity index (χ0) is 18.9. The molecule has 1 atom stereocenters. The Morgan fingerprint density at radius 3 is 2.82 bits per heavy atom. The zero-order valence-corrected chi connectivity index (χ0v) is 20.3. The van der Waals surface area contributed by atoms with Crippen molar-refractivity contribution < 1.29 is 9.47 Å². The molecule has 2 aliphatic rings. The van der Waals surface area contributed by atoms with Gasteiger partial charge in [0.15, 0.2) is 5.96 Å². The van der Waals surface area contributed by atoms with E-state index >= 15 is 0 Å². The summed E-state index contributed by atoms with van der Waals surface area (Å²) in [7, 11) is 0. The van der Waals surface area contributed by atoms with Gasteiger partial charge in [0, 0.05) is 50.3 Å². The second-order valence-corrected chi connectivity index (χ2v) is 8.41. The molecule has 1 aromatic rings. The van der Waals surface area contributed by atoms with Crippen LogP contribution >= 0.6 is 35.3 Å². The minimum atomic E-state index is 0. The van der Waals surface area contributed by atoms with E-state index in [2.05, 4.69) is 29.0 Å². The Morgan fingerprint density at radius 2 is 2.18 bits per heavy atom. The molecule has 1 aromatic heterocycles. The summed E-state index contributed by atoms with van der Waals surface area (Å²) in [6, 6.07) is 0. The maximum absolute atomic E-state index is 6.09. The molecule has 2 fully saturated rings. The van der Waals surface area contributed by atoms with Gasteiger partial charge in [-0.15, -0.1) is 35.3 Å². The van der Waals surface area contributed by atoms with Crippen molar-refractivity contribution in [3.05, 3.63) is 16.1 Å². The first-order valence-electron chi connectivity index (χ1n) is 10.5. The van der Waals surface area contributed by atoms with Crippen molar-refractivity contribution in [2.45, 2.75) is 64.6 Å². The number of hydrogen-bond acceptors (Lipinski definition) is 5. The first kappa shape index (κ1) is 23.8. The molecule has 1 N–H and O–H groups in total. The lowest BCUT2D eigenvalue weighted by Crippen LogP contribution is -2.47. The maximum atomic E-state index is 6.09. The van der Waals surface area contributed by atoms with Gasteiger partial charge in [0.25, 0.3) is 0 Å². The summed E-state index contributed by atoms with van der Waals surface area (Å²) in [5.41, 5.74) is 0. The van der Waals surface area contributed by atoms with Crippen LogP contribution in [0.2, 0.25) is 0 Å². The molecule has 0 radical (unpaired) electrons. The van der Waals surface area contributed by atoms with Gasteiger partial charge in [0.1, 0.15) is 0 Å². The molecule has 0 aliphatic carbocycles. The summed E-state index contributed by atoms with van der Waals surface area (Å²) in [4.78, 5) is 13.1. The topological polar surface area (TPSA) is 59.0 Å². The molecule has 160 valence electrons. The highest BCUT2D eigenvalue weighted by Gasteiger charge is 2.24. The van der Waals surface area contributed by atoms with Gasteiger partial charge in [-0.05, 0) is 39.0 Å². The number of halogens is 1. The van der Waals surface area contributed by atoms with E-state index < -0.39 is 0 Å². The monoisotopic (exact) mass is 522 g/mol. The Bertz CT molecular complexity index is 585. The number of aromatic nitrogens is 1. The number of nitrogens with one attached hydrogen (secondary N) is 1. The average Bonchev–Trinajstić information content (AvgIpc) is 3.38. The van der Waals surface area contributed by atoms with Crippen molar-refractivity contribution in [2.24, 2.45) is 4.99 Å². The van der Waals surface area contributed by atoms with Crippen molar-refractivity contribution in [2.75, 3.05) is 39.4 Å². The lowest BCUT2D eigenvalue weighted by atomic mass is 10.1. The minimum Gasteiger partial charge on any atom is -0.376 e. The summed E-state index contributed by atoms with van der Waals surface area (Å²) in [6.45, 7) is 9.63. The Kier molecular flexibility index (Phi) is 11.0. The summed E-state index contributed by atoms with van der Waals surface area (Å²) < 4.78 is 11.7. The van der Waals surface area contributed by atoms with Gasteiger partial charge < -0.3 is 19.7 Å². The lowest BCUT2D eigenvalue weighted by molar-refractivity contribution is -0.0367. The molecular weight excluding hydrogens is 487 g/mol. The molecule has 28 heavy (non-hydrogen) atoms. The van der Waals surface area contributed by atoms with Crippen LogP contribution in [0.4, 0.5) is 0 Å². The van der Waals surface area contributed by atoms with E-state index in [1.54, 1.807) is 0 Å². The number of aliphatic imine (C=N–C) groups is 1. The van der Waals surface area contributed by atoms with Crippen molar-refractivity contribution in [3.63, 3.8) is 0 Å². The fraction of sp³-hybridized carbons (Fsp3) is 0.800. The predicted octanol–water partition coefficient (Wildman–Crippen LogP) is 3.49. The molecule has 6 nitrogen and oxygen atoms in total. The SMILES string of the molecule is CCNC(=NCCc1ncc(CC)s1)N1CCC(OCC2CCCO2)CC1.I. The summed E-state index contributed by atoms with van der Waals surface area (Å²) in [6.07, 6.45) is 9.10. The number of aryl methyl sites for hydroxylation is 1. The summed E-state index contributed by atoms with van der Waals surface area (Å²) >= 11 is 1.81. The van der Waals surface area contributed by atoms with Crippen LogP contribution in [0.25, 0.3) is 0 Å². The van der Waals surface area contributed by atoms with E-state index in [-0.39, 0.29) is 24.0 Å². The third kappa shape index (κ3) is 7.42. The maximum Gasteiger partial charge on any atom is 0.193 e. The normalized spacial score (nSPS) is 21.0. The largest absolute Gasteiger partial charge is 0.376 e. The Labute approximate surface area is 190 Å². The van der Waals surface area contributed by atoms with Crippen molar-refractivity contribution in [1.29, 1.82) is 0 Å².